The number of benzene rings is 17. The van der Waals surface area contributed by atoms with Crippen molar-refractivity contribution in [3.63, 3.8) is 0 Å². The van der Waals surface area contributed by atoms with E-state index in [9.17, 15) is 0 Å². The van der Waals surface area contributed by atoms with Crippen LogP contribution in [0.5, 0.6) is 0 Å². The molecule has 4 aliphatic rings. The highest BCUT2D eigenvalue weighted by molar-refractivity contribution is 8.01. The van der Waals surface area contributed by atoms with Gasteiger partial charge >= 0.3 is 0 Å². The summed E-state index contributed by atoms with van der Waals surface area (Å²) in [6, 6.07) is 151. The molecule has 0 aromatic heterocycles. The van der Waals surface area contributed by atoms with E-state index in [0.717, 1.165) is 102 Å². The number of para-hydroxylation sites is 3. The van der Waals surface area contributed by atoms with Crippen molar-refractivity contribution in [2.75, 3.05) is 19.6 Å². The third-order valence-corrected chi connectivity index (χ3v) is 26.6. The second-order valence-corrected chi connectivity index (χ2v) is 35.7. The van der Waals surface area contributed by atoms with Crippen LogP contribution >= 0.6 is 23.5 Å². The van der Waals surface area contributed by atoms with E-state index >= 15 is 0 Å². The number of anilines is 12. The van der Waals surface area contributed by atoms with Crippen molar-refractivity contribution in [1.82, 2.24) is 0 Å². The first-order valence-electron chi connectivity index (χ1n) is 41.1. The molecule has 17 aromatic rings. The Morgan fingerprint density at radius 2 is 0.585 bits per heavy atom. The quantitative estimate of drug-likeness (QED) is 0.0999. The number of fused-ring (bicyclic) bond motifs is 8. The van der Waals surface area contributed by atoms with E-state index in [2.05, 4.69) is 462 Å². The van der Waals surface area contributed by atoms with Gasteiger partial charge < -0.3 is 19.6 Å². The van der Waals surface area contributed by atoms with Crippen molar-refractivity contribution >= 4 is 138 Å². The molecule has 0 amide bonds. The summed E-state index contributed by atoms with van der Waals surface area (Å²) in [4.78, 5) is 15.3. The predicted octanol–water partition coefficient (Wildman–Crippen LogP) is 26.8. The van der Waals surface area contributed by atoms with Gasteiger partial charge in [-0.05, 0) is 203 Å². The fourth-order valence-electron chi connectivity index (χ4n) is 18.4. The molecular weight excluding hydrogens is 1460 g/mol. The molecule has 118 heavy (non-hydrogen) atoms. The Morgan fingerprint density at radius 1 is 0.229 bits per heavy atom. The zero-order chi connectivity index (χ0) is 79.3. The van der Waals surface area contributed by atoms with Gasteiger partial charge in [-0.25, -0.2) is 0 Å². The van der Waals surface area contributed by atoms with Crippen molar-refractivity contribution in [2.45, 2.75) is 72.0 Å². The third kappa shape index (κ3) is 12.9. The first kappa shape index (κ1) is 72.5. The molecule has 8 heteroatoms. The van der Waals surface area contributed by atoms with Gasteiger partial charge in [-0.15, -0.1) is 0 Å². The van der Waals surface area contributed by atoms with E-state index in [0.29, 0.717) is 0 Å². The van der Waals surface area contributed by atoms with Gasteiger partial charge in [0.15, 0.2) is 0 Å². The highest BCUT2D eigenvalue weighted by Crippen LogP contribution is 2.55. The Balaban J connectivity index is 0.845. The minimum atomic E-state index is -0.222. The maximum Gasteiger partial charge on any atom is 0.252 e. The number of hydrogen-bond acceptors (Lipinski definition) is 6. The second-order valence-electron chi connectivity index (χ2n) is 33.6. The Labute approximate surface area is 702 Å². The number of rotatable bonds is 14. The van der Waals surface area contributed by atoms with Crippen LogP contribution < -0.4 is 52.4 Å². The summed E-state index contributed by atoms with van der Waals surface area (Å²) in [7, 11) is 0. The van der Waals surface area contributed by atoms with Crippen LogP contribution in [0, 0.1) is 0 Å². The minimum Gasteiger partial charge on any atom is -0.311 e. The topological polar surface area (TPSA) is 13.0 Å². The fourth-order valence-corrected chi connectivity index (χ4v) is 20.9. The van der Waals surface area contributed by atoms with Crippen LogP contribution in [-0.2, 0) is 10.8 Å². The first-order chi connectivity index (χ1) is 57.8. The third-order valence-electron chi connectivity index (χ3n) is 24.3. The average Bonchev–Trinajstić information content (AvgIpc) is 0.684. The summed E-state index contributed by atoms with van der Waals surface area (Å²) >= 11 is 3.85. The van der Waals surface area contributed by atoms with Gasteiger partial charge in [-0.3, -0.25) is 0 Å². The summed E-state index contributed by atoms with van der Waals surface area (Å²) in [5, 5.41) is 0. The molecule has 0 saturated heterocycles. The number of hydrogen-bond donors (Lipinski definition) is 0. The lowest BCUT2D eigenvalue weighted by atomic mass is 9.31. The van der Waals surface area contributed by atoms with Crippen LogP contribution in [0.4, 0.5) is 68.2 Å². The molecule has 0 N–H and O–H groups in total. The summed E-state index contributed by atoms with van der Waals surface area (Å²) in [5.41, 5.74) is 37.3. The Hall–Kier alpha value is -13.2. The standard InChI is InChI=1S/C110H84B2N4S2/c1-109(2,3)83-55-43-81(44-56-83)92-37-26-38-93(82-45-57-84(58-46-82)110(4,5)6)108(92)116-99-72-103-97(112-95-40-23-25-42-102(95)117-104-69-91(70-105(118-103)107(104)112)114(88-63-51-79(52-64-88)75-31-16-9-17-32-75)89-65-53-80(54-66-89)76-33-18-10-19-34-76)71-96(99)111-94-39-22-24-41-98(94)115(85-35-20-11-21-36-85)100-67-90(68-101(116)106(100)111)113(86-59-47-77(48-60-86)73-27-12-7-13-28-73)87-61-49-78(50-62-87)74-29-14-8-15-30-74/h7-72H,1-6H3. The van der Waals surface area contributed by atoms with Crippen LogP contribution in [0.1, 0.15) is 52.7 Å². The van der Waals surface area contributed by atoms with Gasteiger partial charge in [0.1, 0.15) is 0 Å². The largest absolute Gasteiger partial charge is 0.311 e. The molecule has 0 bridgehead atoms. The predicted molar refractivity (Wildman–Crippen MR) is 506 cm³/mol. The summed E-state index contributed by atoms with van der Waals surface area (Å²) in [6.07, 6.45) is 0. The van der Waals surface area contributed by atoms with Gasteiger partial charge in [0.2, 0.25) is 6.71 Å². The normalized spacial score (nSPS) is 12.9. The van der Waals surface area contributed by atoms with E-state index in [-0.39, 0.29) is 24.3 Å². The molecule has 0 aliphatic carbocycles. The second kappa shape index (κ2) is 29.5. The SMILES string of the molecule is CC(C)(C)c1ccc(-c2cccc(-c3ccc(C(C)(C)C)cc3)c2N2c3cc4c(cc3B3c5ccccc5N(c5ccccc5)c5cc(N(c6ccc(-c7ccccc7)cc6)c6ccc(-c7ccccc7)cc6)cc2c53)B2c3ccccc3Sc3cc(N(c5ccc(-c6ccccc6)cc5)c5ccc(-c6ccccc6)cc5)cc(c32)S4)cc1. The molecule has 21 rings (SSSR count). The van der Waals surface area contributed by atoms with Crippen molar-refractivity contribution in [2.24, 2.45) is 0 Å². The van der Waals surface area contributed by atoms with Crippen LogP contribution in [0.15, 0.2) is 420 Å². The van der Waals surface area contributed by atoms with Crippen LogP contribution in [0.3, 0.4) is 0 Å². The molecule has 562 valence electrons. The van der Waals surface area contributed by atoms with Gasteiger partial charge in [0.05, 0.1) is 11.4 Å². The summed E-state index contributed by atoms with van der Waals surface area (Å²) < 4.78 is 0. The van der Waals surface area contributed by atoms with Crippen molar-refractivity contribution < 1.29 is 0 Å². The van der Waals surface area contributed by atoms with Crippen LogP contribution in [0.2, 0.25) is 0 Å². The summed E-state index contributed by atoms with van der Waals surface area (Å²) in [6.45, 7) is 13.6. The van der Waals surface area contributed by atoms with Crippen LogP contribution in [-0.4, -0.2) is 13.4 Å². The van der Waals surface area contributed by atoms with E-state index in [1.807, 2.05) is 23.5 Å². The van der Waals surface area contributed by atoms with Gasteiger partial charge in [0.25, 0.3) is 6.71 Å². The molecule has 0 saturated carbocycles. The first-order valence-corrected chi connectivity index (χ1v) is 42.7. The van der Waals surface area contributed by atoms with Crippen molar-refractivity contribution in [3.05, 3.63) is 412 Å². The minimum absolute atomic E-state index is 0.0656. The fraction of sp³-hybridized carbons (Fsp3) is 0.0727. The Morgan fingerprint density at radius 3 is 1.03 bits per heavy atom. The monoisotopic (exact) mass is 1550 g/mol. The highest BCUT2D eigenvalue weighted by Gasteiger charge is 2.48. The molecule has 17 aromatic carbocycles. The molecule has 4 aliphatic heterocycles. The molecule has 0 radical (unpaired) electrons. The molecular formula is C110H84B2N4S2. The van der Waals surface area contributed by atoms with Crippen molar-refractivity contribution in [1.29, 1.82) is 0 Å². The number of nitrogens with zero attached hydrogens (tertiary/aromatic N) is 4. The van der Waals surface area contributed by atoms with Crippen molar-refractivity contribution in [3.8, 4) is 66.8 Å². The Bertz CT molecular complexity index is 6410. The van der Waals surface area contributed by atoms with Gasteiger partial charge in [0, 0.05) is 87.6 Å². The zero-order valence-electron chi connectivity index (χ0n) is 66.9. The highest BCUT2D eigenvalue weighted by atomic mass is 32.2. The zero-order valence-corrected chi connectivity index (χ0v) is 68.5. The maximum atomic E-state index is 2.74. The van der Waals surface area contributed by atoms with Gasteiger partial charge in [-0.1, -0.05) is 373 Å². The molecule has 4 heterocycles. The van der Waals surface area contributed by atoms with E-state index < -0.39 is 0 Å². The molecule has 4 nitrogen and oxygen atoms in total. The smallest absolute Gasteiger partial charge is 0.252 e. The van der Waals surface area contributed by atoms with Crippen LogP contribution in [0.25, 0.3) is 66.8 Å². The lowest BCUT2D eigenvalue weighted by Crippen LogP contribution is -2.64. The van der Waals surface area contributed by atoms with E-state index in [1.54, 1.807) is 0 Å². The maximum absolute atomic E-state index is 2.74. The lowest BCUT2D eigenvalue weighted by molar-refractivity contribution is 0.590. The van der Waals surface area contributed by atoms with Gasteiger partial charge in [-0.2, -0.15) is 0 Å². The molecule has 0 atom stereocenters. The summed E-state index contributed by atoms with van der Waals surface area (Å²) in [5.74, 6) is 0. The lowest BCUT2D eigenvalue weighted by Gasteiger charge is -2.46. The van der Waals surface area contributed by atoms with E-state index in [4.69, 9.17) is 0 Å². The molecule has 0 unspecified atom stereocenters. The molecule has 0 fully saturated rings. The molecule has 0 spiro atoms. The average molecular weight is 1550 g/mol. The Kier molecular flexibility index (Phi) is 18.1. The van der Waals surface area contributed by atoms with E-state index in [1.165, 1.54) is 96.9 Å².